The van der Waals surface area contributed by atoms with E-state index in [0.29, 0.717) is 39.1 Å². The van der Waals surface area contributed by atoms with E-state index in [4.69, 9.17) is 16.3 Å². The van der Waals surface area contributed by atoms with Gasteiger partial charge in [-0.25, -0.2) is 0 Å². The van der Waals surface area contributed by atoms with Gasteiger partial charge >= 0.3 is 0 Å². The molecule has 1 aliphatic rings. The van der Waals surface area contributed by atoms with Crippen molar-refractivity contribution in [2.24, 2.45) is 0 Å². The van der Waals surface area contributed by atoms with Gasteiger partial charge in [0.05, 0.1) is 24.3 Å². The molecule has 0 aliphatic carbocycles. The number of carbonyl (C=O) groups excluding carboxylic acids is 1. The highest BCUT2D eigenvalue weighted by molar-refractivity contribution is 7.10. The van der Waals surface area contributed by atoms with Crippen LogP contribution in [0, 0.1) is 0 Å². The lowest BCUT2D eigenvalue weighted by Crippen LogP contribution is -2.44. The fourth-order valence-corrected chi connectivity index (χ4v) is 3.26. The molecule has 21 heavy (non-hydrogen) atoms. The molecule has 2 heterocycles. The van der Waals surface area contributed by atoms with E-state index in [0.717, 1.165) is 23.0 Å². The Bertz CT molecular complexity index is 449. The van der Waals surface area contributed by atoms with Gasteiger partial charge in [0.15, 0.2) is 0 Å². The van der Waals surface area contributed by atoms with Crippen molar-refractivity contribution in [3.63, 3.8) is 0 Å². The molecule has 1 aliphatic heterocycles. The number of nitrogens with one attached hydrogen (secondary N) is 1. The largest absolute Gasteiger partial charge is 0.390 e. The molecule has 0 bridgehead atoms. The van der Waals surface area contributed by atoms with Gasteiger partial charge in [0.25, 0.3) is 0 Å². The van der Waals surface area contributed by atoms with Crippen LogP contribution >= 0.6 is 22.9 Å². The van der Waals surface area contributed by atoms with E-state index in [9.17, 15) is 9.90 Å². The molecule has 1 amide bonds. The lowest BCUT2D eigenvalue weighted by Gasteiger charge is -2.28. The highest BCUT2D eigenvalue weighted by Crippen LogP contribution is 2.20. The summed E-state index contributed by atoms with van der Waals surface area (Å²) in [5.74, 6) is -0.0412. The number of β-amino-alcohol motifs (C(OH)–C–C–N with tert-alkyl or cyclic N) is 1. The first-order valence-electron chi connectivity index (χ1n) is 7.11. The minimum absolute atomic E-state index is 0.0412. The van der Waals surface area contributed by atoms with Crippen LogP contribution in [-0.4, -0.2) is 61.4 Å². The zero-order chi connectivity index (χ0) is 15.1. The third-order valence-electron chi connectivity index (χ3n) is 3.33. The third-order valence-corrected chi connectivity index (χ3v) is 4.67. The van der Waals surface area contributed by atoms with Crippen LogP contribution in [0.15, 0.2) is 11.4 Å². The Morgan fingerprint density at radius 3 is 2.95 bits per heavy atom. The third kappa shape index (κ3) is 6.32. The predicted molar refractivity (Wildman–Crippen MR) is 83.9 cm³/mol. The Morgan fingerprint density at radius 2 is 2.29 bits per heavy atom. The number of carbonyl (C=O) groups is 1. The molecule has 0 aromatic carbocycles. The first-order valence-corrected chi connectivity index (χ1v) is 8.37. The van der Waals surface area contributed by atoms with Crippen molar-refractivity contribution in [1.29, 1.82) is 0 Å². The van der Waals surface area contributed by atoms with Crippen molar-refractivity contribution in [2.45, 2.75) is 18.9 Å². The van der Waals surface area contributed by atoms with Crippen molar-refractivity contribution < 1.29 is 14.6 Å². The number of aliphatic hydroxyl groups is 1. The van der Waals surface area contributed by atoms with E-state index in [-0.39, 0.29) is 5.91 Å². The Hall–Kier alpha value is -0.660. The number of morpholine rings is 1. The maximum Gasteiger partial charge on any atom is 0.220 e. The Balaban J connectivity index is 1.59. The maximum atomic E-state index is 11.7. The molecule has 1 aromatic heterocycles. The Kier molecular flexibility index (Phi) is 6.92. The van der Waals surface area contributed by atoms with Crippen LogP contribution < -0.4 is 5.32 Å². The van der Waals surface area contributed by atoms with E-state index in [2.05, 4.69) is 10.2 Å². The second-order valence-corrected chi connectivity index (χ2v) is 6.53. The van der Waals surface area contributed by atoms with E-state index < -0.39 is 6.10 Å². The molecule has 0 radical (unpaired) electrons. The summed E-state index contributed by atoms with van der Waals surface area (Å²) in [6, 6.07) is 1.88. The van der Waals surface area contributed by atoms with Crippen molar-refractivity contribution in [1.82, 2.24) is 10.2 Å². The lowest BCUT2D eigenvalue weighted by atomic mass is 10.2. The number of nitrogens with zero attached hydrogens (tertiary/aromatic N) is 1. The minimum Gasteiger partial charge on any atom is -0.390 e. The van der Waals surface area contributed by atoms with E-state index in [1.165, 1.54) is 0 Å². The SMILES string of the molecule is O=C(CCc1cc(Cl)cs1)NCC(O)CN1CCOCC1. The minimum atomic E-state index is -0.539. The molecule has 1 saturated heterocycles. The number of rotatable bonds is 7. The Morgan fingerprint density at radius 1 is 1.52 bits per heavy atom. The summed E-state index contributed by atoms with van der Waals surface area (Å²) < 4.78 is 5.25. The molecular weight excluding hydrogens is 312 g/mol. The van der Waals surface area contributed by atoms with Crippen LogP contribution in [0.2, 0.25) is 5.02 Å². The zero-order valence-corrected chi connectivity index (χ0v) is 13.5. The molecule has 118 valence electrons. The molecule has 1 aromatic rings. The number of thiophene rings is 1. The molecule has 1 atom stereocenters. The molecule has 0 spiro atoms. The number of amides is 1. The van der Waals surface area contributed by atoms with Crippen molar-refractivity contribution >= 4 is 28.8 Å². The topological polar surface area (TPSA) is 61.8 Å². The normalized spacial score (nSPS) is 17.6. The molecule has 5 nitrogen and oxygen atoms in total. The first-order chi connectivity index (χ1) is 10.1. The number of aryl methyl sites for hydroxylation is 1. The van der Waals surface area contributed by atoms with Gasteiger partial charge < -0.3 is 15.2 Å². The Labute approximate surface area is 133 Å². The number of halogens is 1. The monoisotopic (exact) mass is 332 g/mol. The van der Waals surface area contributed by atoms with Crippen molar-refractivity contribution in [3.05, 3.63) is 21.3 Å². The lowest BCUT2D eigenvalue weighted by molar-refractivity contribution is -0.121. The molecule has 1 fully saturated rings. The zero-order valence-electron chi connectivity index (χ0n) is 11.9. The molecular formula is C14H21ClN2O3S. The van der Waals surface area contributed by atoms with Gasteiger partial charge in [-0.2, -0.15) is 0 Å². The highest BCUT2D eigenvalue weighted by atomic mass is 35.5. The fourth-order valence-electron chi connectivity index (χ4n) is 2.19. The van der Waals surface area contributed by atoms with Crippen molar-refractivity contribution in [2.75, 3.05) is 39.4 Å². The van der Waals surface area contributed by atoms with Crippen molar-refractivity contribution in [3.8, 4) is 0 Å². The van der Waals surface area contributed by atoms with Gasteiger partial charge in [0, 0.05) is 42.9 Å². The summed E-state index contributed by atoms with van der Waals surface area (Å²) >= 11 is 7.39. The smallest absolute Gasteiger partial charge is 0.220 e. The highest BCUT2D eigenvalue weighted by Gasteiger charge is 2.15. The molecule has 2 N–H and O–H groups in total. The van der Waals surface area contributed by atoms with Gasteiger partial charge in [0.1, 0.15) is 0 Å². The van der Waals surface area contributed by atoms with E-state index in [1.807, 2.05) is 11.4 Å². The number of aliphatic hydroxyl groups excluding tert-OH is 1. The van der Waals surface area contributed by atoms with Gasteiger partial charge in [-0.15, -0.1) is 11.3 Å². The maximum absolute atomic E-state index is 11.7. The number of hydrogen-bond donors (Lipinski definition) is 2. The van der Waals surface area contributed by atoms with E-state index in [1.54, 1.807) is 11.3 Å². The van der Waals surface area contributed by atoms with Crippen LogP contribution in [0.25, 0.3) is 0 Å². The standard InChI is InChI=1S/C14H21ClN2O3S/c15-11-7-13(21-10-11)1-2-14(19)16-8-12(18)9-17-3-5-20-6-4-17/h7,10,12,18H,1-6,8-9H2,(H,16,19). The van der Waals surface area contributed by atoms with Gasteiger partial charge in [-0.05, 0) is 12.5 Å². The summed E-state index contributed by atoms with van der Waals surface area (Å²) in [7, 11) is 0. The number of hydrogen-bond acceptors (Lipinski definition) is 5. The molecule has 1 unspecified atom stereocenters. The van der Waals surface area contributed by atoms with Crippen LogP contribution in [0.1, 0.15) is 11.3 Å². The summed E-state index contributed by atoms with van der Waals surface area (Å²) in [5.41, 5.74) is 0. The van der Waals surface area contributed by atoms with Crippen LogP contribution in [0.4, 0.5) is 0 Å². The van der Waals surface area contributed by atoms with Crippen LogP contribution in [0.3, 0.4) is 0 Å². The predicted octanol–water partition coefficient (Wildman–Crippen LogP) is 1.14. The summed E-state index contributed by atoms with van der Waals surface area (Å²) in [6.07, 6.45) is 0.562. The molecule has 0 saturated carbocycles. The quantitative estimate of drug-likeness (QED) is 0.786. The van der Waals surface area contributed by atoms with Gasteiger partial charge in [-0.1, -0.05) is 11.6 Å². The van der Waals surface area contributed by atoms with Gasteiger partial charge in [0.2, 0.25) is 5.91 Å². The average molecular weight is 333 g/mol. The molecule has 2 rings (SSSR count). The molecule has 7 heteroatoms. The fraction of sp³-hybridized carbons (Fsp3) is 0.643. The second-order valence-electron chi connectivity index (χ2n) is 5.10. The first kappa shape index (κ1) is 16.7. The summed E-state index contributed by atoms with van der Waals surface area (Å²) in [6.45, 7) is 3.96. The number of ether oxygens (including phenoxy) is 1. The van der Waals surface area contributed by atoms with Gasteiger partial charge in [-0.3, -0.25) is 9.69 Å². The second kappa shape index (κ2) is 8.70. The summed E-state index contributed by atoms with van der Waals surface area (Å²) in [5, 5.41) is 15.3. The van der Waals surface area contributed by atoms with Crippen LogP contribution in [0.5, 0.6) is 0 Å². The average Bonchev–Trinajstić information content (AvgIpc) is 2.90. The van der Waals surface area contributed by atoms with Crippen LogP contribution in [-0.2, 0) is 16.0 Å². The van der Waals surface area contributed by atoms with E-state index >= 15 is 0 Å². The summed E-state index contributed by atoms with van der Waals surface area (Å²) in [4.78, 5) is 15.0.